The molecule has 0 amide bonds. The fourth-order valence-corrected chi connectivity index (χ4v) is 14.2. The van der Waals surface area contributed by atoms with Crippen molar-refractivity contribution >= 4 is 41.4 Å². The molecule has 520 valence electrons. The number of fused-ring (bicyclic) bond motifs is 4. The first kappa shape index (κ1) is 70.3. The van der Waals surface area contributed by atoms with E-state index < -0.39 is 229 Å². The highest BCUT2D eigenvalue weighted by atomic mass is 35.5. The van der Waals surface area contributed by atoms with Crippen molar-refractivity contribution in [1.29, 1.82) is 0 Å². The van der Waals surface area contributed by atoms with Crippen LogP contribution in [0.5, 0.6) is 11.5 Å². The van der Waals surface area contributed by atoms with Crippen molar-refractivity contribution in [1.82, 2.24) is 0 Å². The van der Waals surface area contributed by atoms with Gasteiger partial charge in [-0.05, 0) is 54.0 Å². The Labute approximate surface area is 537 Å². The lowest BCUT2D eigenvalue weighted by Gasteiger charge is -2.49. The van der Waals surface area contributed by atoms with E-state index in [-0.39, 0.29) is 49.9 Å². The van der Waals surface area contributed by atoms with Crippen LogP contribution in [-0.4, -0.2) is 282 Å². The fourth-order valence-electron chi connectivity index (χ4n) is 13.8. The van der Waals surface area contributed by atoms with Gasteiger partial charge in [-0.15, -0.1) is 0 Å². The molecular weight excluding hydrogens is 1280 g/mol. The van der Waals surface area contributed by atoms with Gasteiger partial charge in [-0.1, -0.05) is 37.0 Å². The van der Waals surface area contributed by atoms with E-state index in [4.69, 9.17) is 123 Å². The topological polar surface area (TPSA) is 407 Å². The van der Waals surface area contributed by atoms with Crippen molar-refractivity contribution in [3.05, 3.63) is 21.2 Å². The van der Waals surface area contributed by atoms with E-state index in [0.29, 0.717) is 6.29 Å². The molecule has 1 aromatic rings. The second-order valence-electron chi connectivity index (χ2n) is 25.5. The van der Waals surface area contributed by atoms with Gasteiger partial charge >= 0.3 is 17.9 Å². The smallest absolute Gasteiger partial charge is 0.342 e. The molecule has 0 radical (unpaired) electrons. The minimum atomic E-state index is -2.13. The number of benzene rings is 1. The van der Waals surface area contributed by atoms with Gasteiger partial charge in [0.2, 0.25) is 6.29 Å². The number of carbonyl (C=O) groups excluding carboxylic acids is 3. The van der Waals surface area contributed by atoms with Gasteiger partial charge in [-0.2, -0.15) is 0 Å². The van der Waals surface area contributed by atoms with Gasteiger partial charge in [0.05, 0.1) is 73.3 Å². The van der Waals surface area contributed by atoms with Crippen LogP contribution in [0.2, 0.25) is 10.0 Å². The van der Waals surface area contributed by atoms with E-state index in [1.807, 2.05) is 0 Å². The Balaban J connectivity index is 0.714. The van der Waals surface area contributed by atoms with Crippen LogP contribution >= 0.6 is 23.2 Å². The number of methoxy groups -OCH3 is 2. The van der Waals surface area contributed by atoms with Crippen LogP contribution in [0.25, 0.3) is 0 Å². The van der Waals surface area contributed by atoms with Gasteiger partial charge < -0.3 is 140 Å². The summed E-state index contributed by atoms with van der Waals surface area (Å²) in [5.74, 6) is -7.72. The average Bonchev–Trinajstić information content (AvgIpc) is 1.56. The largest absolute Gasteiger partial charge is 0.505 e. The summed E-state index contributed by atoms with van der Waals surface area (Å²) in [6.07, 6.45) is -34.5. The number of hydrogen-bond donors (Lipinski definition) is 8. The van der Waals surface area contributed by atoms with Crippen molar-refractivity contribution in [3.63, 3.8) is 0 Å². The standard InChI is InChI=1S/C58H82Cl2O32/c1-19(2)50(69)84-46-43-29(89-58(90-43)49-48(75-18-76-49)56(71,17-61)25(8)88-58)16-74-53(46)86-54-45(73-11)38(67)42(28(80-54)15-72-10)85-52-39(68)44(35(64)21(4)79-52)82-31-14-55(9)47(24(7)78-31)91-57(92-55)13-27(63)41(23(6)87-57)81-30-12-26(62)40(22(5)77-30)83-51(70)32-20(3)33(59)37(66)34(60)36(32)65/h17,19,21-31,35,38-49,52-54,62-68,71H,12-16,18H2,1-11H3/t21-,22-,23-,24-,25-,26-,27-,28-,29+,30+,31+,35+,38+,39-,40-,41-,42-,43-,44+,45+,46-,47-,48-,49-,52+,53-,54+,55-,56+,57?,58-/m1/s1. The maximum Gasteiger partial charge on any atom is 0.342 e. The Kier molecular flexibility index (Phi) is 20.7. The zero-order valence-corrected chi connectivity index (χ0v) is 53.6. The molecule has 1 aromatic carbocycles. The monoisotopic (exact) mass is 1360 g/mol. The second kappa shape index (κ2) is 27.0. The van der Waals surface area contributed by atoms with Crippen LogP contribution in [0.1, 0.15) is 90.6 Å². The number of aliphatic hydroxyl groups is 6. The second-order valence-corrected chi connectivity index (χ2v) is 26.2. The Morgan fingerprint density at radius 3 is 2.04 bits per heavy atom. The van der Waals surface area contributed by atoms with Gasteiger partial charge in [0.1, 0.15) is 96.2 Å². The first-order chi connectivity index (χ1) is 43.4. The van der Waals surface area contributed by atoms with Gasteiger partial charge in [-0.3, -0.25) is 9.59 Å². The summed E-state index contributed by atoms with van der Waals surface area (Å²) in [5.41, 5.74) is -3.80. The third-order valence-corrected chi connectivity index (χ3v) is 19.5. The van der Waals surface area contributed by atoms with Crippen LogP contribution < -0.4 is 0 Å². The highest BCUT2D eigenvalue weighted by Crippen LogP contribution is 2.53. The summed E-state index contributed by atoms with van der Waals surface area (Å²) < 4.78 is 129. The lowest BCUT2D eigenvalue weighted by Crippen LogP contribution is -2.70. The molecule has 11 rings (SSSR count). The number of aliphatic hydroxyl groups excluding tert-OH is 5. The molecule has 92 heavy (non-hydrogen) atoms. The molecule has 10 aliphatic rings. The predicted molar refractivity (Wildman–Crippen MR) is 298 cm³/mol. The van der Waals surface area contributed by atoms with Gasteiger partial charge in [0.15, 0.2) is 66.9 Å². The molecule has 32 nitrogen and oxygen atoms in total. The molecule has 8 N–H and O–H groups in total. The van der Waals surface area contributed by atoms with Crippen LogP contribution in [0.4, 0.5) is 0 Å². The molecule has 0 bridgehead atoms. The number of halogens is 2. The molecule has 0 saturated carbocycles. The summed E-state index contributed by atoms with van der Waals surface area (Å²) in [6.45, 7) is 13.3. The molecule has 10 heterocycles. The van der Waals surface area contributed by atoms with Crippen LogP contribution in [0.3, 0.4) is 0 Å². The normalized spacial score (nSPS) is 48.5. The Morgan fingerprint density at radius 1 is 0.663 bits per heavy atom. The minimum Gasteiger partial charge on any atom is -0.505 e. The number of ether oxygens (including phenoxy) is 21. The maximum atomic E-state index is 13.4. The minimum absolute atomic E-state index is 0.0118. The Morgan fingerprint density at radius 2 is 1.37 bits per heavy atom. The molecule has 0 aromatic heterocycles. The molecule has 1 unspecified atom stereocenters. The van der Waals surface area contributed by atoms with Crippen molar-refractivity contribution in [2.24, 2.45) is 5.92 Å². The number of rotatable bonds is 16. The summed E-state index contributed by atoms with van der Waals surface area (Å²) in [4.78, 5) is 38.8. The molecular formula is C58H82Cl2O32. The summed E-state index contributed by atoms with van der Waals surface area (Å²) >= 11 is 12.1. The number of hydrogen-bond acceptors (Lipinski definition) is 32. The predicted octanol–water partition coefficient (Wildman–Crippen LogP) is -0.295. The molecule has 10 fully saturated rings. The molecule has 0 aliphatic carbocycles. The van der Waals surface area contributed by atoms with E-state index in [2.05, 4.69) is 0 Å². The maximum absolute atomic E-state index is 13.4. The third-order valence-electron chi connectivity index (χ3n) is 18.6. The summed E-state index contributed by atoms with van der Waals surface area (Å²) in [7, 11) is 2.63. The zero-order valence-electron chi connectivity index (χ0n) is 52.1. The third kappa shape index (κ3) is 12.7. The van der Waals surface area contributed by atoms with Crippen LogP contribution in [0, 0.1) is 12.8 Å². The van der Waals surface area contributed by atoms with E-state index in [0.717, 1.165) is 0 Å². The molecule has 31 atom stereocenters. The Hall–Kier alpha value is -2.99. The van der Waals surface area contributed by atoms with Crippen molar-refractivity contribution in [3.8, 4) is 11.5 Å². The lowest BCUT2D eigenvalue weighted by molar-refractivity contribution is -0.428. The van der Waals surface area contributed by atoms with Gasteiger partial charge in [0.25, 0.3) is 5.97 Å². The van der Waals surface area contributed by atoms with E-state index in [1.54, 1.807) is 34.6 Å². The summed E-state index contributed by atoms with van der Waals surface area (Å²) in [6, 6.07) is 0. The first-order valence-corrected chi connectivity index (χ1v) is 31.3. The quantitative estimate of drug-likeness (QED) is 0.0778. The number of aromatic hydroxyl groups is 2. The molecule has 10 saturated heterocycles. The molecule has 2 spiro atoms. The lowest BCUT2D eigenvalue weighted by atomic mass is 9.85. The SMILES string of the molecule is COC[C@H]1O[C@@H](O[C@H]2OC[C@@H]3O[C@]4(O[C@H]3[C@H]2OC(=O)C(C)C)O[C@H](C)[C@@](O)(C=O)[C@@H]2OCO[C@H]24)[C@@H](OC)[C@@H](O)[C@@H]1O[C@@H]1O[C@H](C)[C@H](O)[C@H](O[C@H]2C[C@@]3(C)OC4(C[C@@H](O)[C@H](O[C@H]5C[C@@H](O)[C@H](OC(=O)c6c(C)c(Cl)c(O)c(Cl)c6O)[C@@H](C)O5)[C@@H](C)O4)O[C@@H]3[C@@H](C)O2)[C@H]1O. The van der Waals surface area contributed by atoms with E-state index in [9.17, 15) is 55.2 Å². The number of carbonyl (C=O) groups is 3. The Bertz CT molecular complexity index is 2770. The highest BCUT2D eigenvalue weighted by molar-refractivity contribution is 6.39. The van der Waals surface area contributed by atoms with Crippen molar-refractivity contribution in [2.75, 3.05) is 34.2 Å². The van der Waals surface area contributed by atoms with Crippen LogP contribution in [-0.2, 0) is 109 Å². The highest BCUT2D eigenvalue weighted by Gasteiger charge is 2.72. The average molecular weight is 1360 g/mol. The number of esters is 2. The van der Waals surface area contributed by atoms with Crippen molar-refractivity contribution in [2.45, 2.75) is 270 Å². The molecule has 10 aliphatic heterocycles. The number of phenolic OH excluding ortho intramolecular Hbond substituents is 2. The van der Waals surface area contributed by atoms with Crippen molar-refractivity contribution < 1.29 is 155 Å². The van der Waals surface area contributed by atoms with E-state index >= 15 is 0 Å². The van der Waals surface area contributed by atoms with Gasteiger partial charge in [0, 0.05) is 27.1 Å². The first-order valence-electron chi connectivity index (χ1n) is 30.5. The van der Waals surface area contributed by atoms with Gasteiger partial charge in [-0.25, -0.2) is 4.79 Å². The van der Waals surface area contributed by atoms with E-state index in [1.165, 1.54) is 41.9 Å². The molecule has 34 heteroatoms. The fraction of sp³-hybridized carbons (Fsp3) is 0.845. The summed E-state index contributed by atoms with van der Waals surface area (Å²) in [5, 5.41) is 89.8. The van der Waals surface area contributed by atoms with Crippen LogP contribution in [0.15, 0.2) is 0 Å². The zero-order chi connectivity index (χ0) is 66.6. The number of aldehydes is 1. The number of phenols is 2.